The third-order valence-corrected chi connectivity index (χ3v) is 7.69. The molecule has 4 heterocycles. The quantitative estimate of drug-likeness (QED) is 0.280. The van der Waals surface area contributed by atoms with Crippen molar-refractivity contribution >= 4 is 44.6 Å². The predicted molar refractivity (Wildman–Crippen MR) is 149 cm³/mol. The highest BCUT2D eigenvalue weighted by atomic mass is 79.9. The molecule has 0 bridgehead atoms. The van der Waals surface area contributed by atoms with Crippen molar-refractivity contribution in [2.75, 3.05) is 36.1 Å². The summed E-state index contributed by atoms with van der Waals surface area (Å²) in [5, 5.41) is 4.06. The van der Waals surface area contributed by atoms with Crippen LogP contribution in [0.4, 0.5) is 15.8 Å². The van der Waals surface area contributed by atoms with E-state index in [0.29, 0.717) is 15.3 Å². The largest absolute Gasteiger partial charge is 0.459 e. The summed E-state index contributed by atoms with van der Waals surface area (Å²) in [6, 6.07) is 22.2. The molecular formula is C28H24BrFN4O2S. The standard InChI is InChI=1S/C28H24BrFN4O2S/c29-22-17-18(30)4-9-21(22)24-10-11-25(36-24)27-26(23-3-1-2-12-31-23)32-28(37)34(27)20-7-5-19(6-8-20)33-13-15-35-16-14-33/h1-12,17,26-27H,13-16H2,(H,32,37)/t26-,27-/m0/s1. The number of benzene rings is 2. The van der Waals surface area contributed by atoms with Crippen molar-refractivity contribution < 1.29 is 13.5 Å². The van der Waals surface area contributed by atoms with Gasteiger partial charge in [0.2, 0.25) is 0 Å². The van der Waals surface area contributed by atoms with Gasteiger partial charge < -0.3 is 24.3 Å². The lowest BCUT2D eigenvalue weighted by molar-refractivity contribution is 0.122. The fourth-order valence-electron chi connectivity index (χ4n) is 4.91. The number of thiocarbonyl (C=S) groups is 1. The average Bonchev–Trinajstić information content (AvgIpc) is 3.54. The number of anilines is 2. The summed E-state index contributed by atoms with van der Waals surface area (Å²) < 4.78 is 26.2. The molecule has 37 heavy (non-hydrogen) atoms. The molecule has 2 aromatic carbocycles. The van der Waals surface area contributed by atoms with E-state index in [9.17, 15) is 4.39 Å². The molecule has 6 rings (SSSR count). The minimum Gasteiger partial charge on any atom is -0.459 e. The van der Waals surface area contributed by atoms with Crippen LogP contribution in [0, 0.1) is 5.82 Å². The first-order valence-corrected chi connectivity index (χ1v) is 13.3. The van der Waals surface area contributed by atoms with Crippen LogP contribution < -0.4 is 15.1 Å². The van der Waals surface area contributed by atoms with Gasteiger partial charge in [0.05, 0.1) is 24.9 Å². The molecule has 0 saturated carbocycles. The van der Waals surface area contributed by atoms with Gasteiger partial charge in [0.15, 0.2) is 5.11 Å². The Bertz CT molecular complexity index is 1410. The van der Waals surface area contributed by atoms with E-state index in [1.54, 1.807) is 12.3 Å². The van der Waals surface area contributed by atoms with Crippen molar-refractivity contribution in [3.05, 3.63) is 101 Å². The lowest BCUT2D eigenvalue weighted by Gasteiger charge is -2.30. The monoisotopic (exact) mass is 578 g/mol. The summed E-state index contributed by atoms with van der Waals surface area (Å²) >= 11 is 9.30. The van der Waals surface area contributed by atoms with Crippen LogP contribution in [-0.2, 0) is 4.74 Å². The Morgan fingerprint density at radius 3 is 2.49 bits per heavy atom. The average molecular weight is 579 g/mol. The molecule has 1 N–H and O–H groups in total. The summed E-state index contributed by atoms with van der Waals surface area (Å²) in [4.78, 5) is 9.01. The van der Waals surface area contributed by atoms with Gasteiger partial charge in [0.25, 0.3) is 0 Å². The molecule has 0 spiro atoms. The highest BCUT2D eigenvalue weighted by molar-refractivity contribution is 9.10. The summed E-state index contributed by atoms with van der Waals surface area (Å²) in [6.07, 6.45) is 1.78. The van der Waals surface area contributed by atoms with Gasteiger partial charge in [0.1, 0.15) is 23.4 Å². The van der Waals surface area contributed by atoms with Gasteiger partial charge in [-0.25, -0.2) is 4.39 Å². The number of hydrogen-bond acceptors (Lipinski definition) is 5. The molecule has 2 atom stereocenters. The topological polar surface area (TPSA) is 53.8 Å². The zero-order valence-electron chi connectivity index (χ0n) is 19.8. The van der Waals surface area contributed by atoms with Gasteiger partial charge >= 0.3 is 0 Å². The first-order chi connectivity index (χ1) is 18.1. The van der Waals surface area contributed by atoms with E-state index >= 15 is 0 Å². The third kappa shape index (κ3) is 4.74. The molecule has 2 aromatic heterocycles. The minimum absolute atomic E-state index is 0.219. The number of morpholine rings is 1. The van der Waals surface area contributed by atoms with Crippen LogP contribution in [0.1, 0.15) is 23.5 Å². The molecule has 4 aromatic rings. The van der Waals surface area contributed by atoms with Gasteiger partial charge in [-0.05, 0) is 94.9 Å². The van der Waals surface area contributed by atoms with Crippen LogP contribution in [0.15, 0.2) is 87.9 Å². The molecule has 0 aliphatic carbocycles. The van der Waals surface area contributed by atoms with Gasteiger partial charge in [-0.2, -0.15) is 0 Å². The number of nitrogens with zero attached hydrogens (tertiary/aromatic N) is 3. The summed E-state index contributed by atoms with van der Waals surface area (Å²) in [6.45, 7) is 3.23. The Labute approximate surface area is 228 Å². The van der Waals surface area contributed by atoms with Crippen molar-refractivity contribution in [2.45, 2.75) is 12.1 Å². The molecular weight excluding hydrogens is 555 g/mol. The smallest absolute Gasteiger partial charge is 0.174 e. The summed E-state index contributed by atoms with van der Waals surface area (Å²) in [7, 11) is 0. The maximum atomic E-state index is 13.7. The Hall–Kier alpha value is -3.27. The van der Waals surface area contributed by atoms with Crippen LogP contribution in [0.25, 0.3) is 11.3 Å². The molecule has 9 heteroatoms. The zero-order valence-corrected chi connectivity index (χ0v) is 22.2. The maximum absolute atomic E-state index is 13.7. The summed E-state index contributed by atoms with van der Waals surface area (Å²) in [5.74, 6) is 1.06. The molecule has 0 amide bonds. The number of hydrogen-bond donors (Lipinski definition) is 1. The van der Waals surface area contributed by atoms with Crippen molar-refractivity contribution in [3.63, 3.8) is 0 Å². The number of furan rings is 1. The van der Waals surface area contributed by atoms with E-state index in [0.717, 1.165) is 54.7 Å². The normalized spacial score (nSPS) is 19.8. The van der Waals surface area contributed by atoms with E-state index in [1.165, 1.54) is 12.1 Å². The second kappa shape index (κ2) is 10.2. The predicted octanol–water partition coefficient (Wildman–Crippen LogP) is 6.26. The Balaban J connectivity index is 1.38. The fraction of sp³-hybridized carbons (Fsp3) is 0.214. The van der Waals surface area contributed by atoms with Gasteiger partial charge in [0, 0.05) is 40.7 Å². The summed E-state index contributed by atoms with van der Waals surface area (Å²) in [5.41, 5.74) is 3.75. The third-order valence-electron chi connectivity index (χ3n) is 6.72. The number of rotatable bonds is 5. The number of aromatic nitrogens is 1. The van der Waals surface area contributed by atoms with Crippen LogP contribution in [0.3, 0.4) is 0 Å². The first kappa shape index (κ1) is 24.1. The number of ether oxygens (including phenoxy) is 1. The highest BCUT2D eigenvalue weighted by Crippen LogP contribution is 2.43. The minimum atomic E-state index is -0.310. The molecule has 6 nitrogen and oxygen atoms in total. The first-order valence-electron chi connectivity index (χ1n) is 12.1. The number of halogens is 2. The van der Waals surface area contributed by atoms with Crippen molar-refractivity contribution in [1.29, 1.82) is 0 Å². The van der Waals surface area contributed by atoms with Crippen molar-refractivity contribution in [2.24, 2.45) is 0 Å². The Morgan fingerprint density at radius 1 is 0.973 bits per heavy atom. The lowest BCUT2D eigenvalue weighted by atomic mass is 10.0. The number of pyridine rings is 1. The van der Waals surface area contributed by atoms with Gasteiger partial charge in [-0.1, -0.05) is 6.07 Å². The van der Waals surface area contributed by atoms with E-state index in [4.69, 9.17) is 21.4 Å². The van der Waals surface area contributed by atoms with Crippen molar-refractivity contribution in [3.8, 4) is 11.3 Å². The Kier molecular flexibility index (Phi) is 6.67. The SMILES string of the molecule is Fc1ccc(-c2ccc([C@H]3[C@H](c4ccccn4)NC(=S)N3c3ccc(N4CCOCC4)cc3)o2)c(Br)c1. The van der Waals surface area contributed by atoms with Crippen LogP contribution in [0.2, 0.25) is 0 Å². The van der Waals surface area contributed by atoms with Crippen LogP contribution in [0.5, 0.6) is 0 Å². The second-order valence-electron chi connectivity index (χ2n) is 8.94. The van der Waals surface area contributed by atoms with Crippen LogP contribution >= 0.6 is 28.1 Å². The second-order valence-corrected chi connectivity index (χ2v) is 10.2. The molecule has 0 radical (unpaired) electrons. The molecule has 2 aliphatic heterocycles. The molecule has 0 unspecified atom stereocenters. The lowest BCUT2D eigenvalue weighted by Crippen LogP contribution is -2.36. The molecule has 2 saturated heterocycles. The zero-order chi connectivity index (χ0) is 25.4. The van der Waals surface area contributed by atoms with E-state index in [1.807, 2.05) is 30.3 Å². The Morgan fingerprint density at radius 2 is 1.76 bits per heavy atom. The van der Waals surface area contributed by atoms with Gasteiger partial charge in [-0.3, -0.25) is 4.98 Å². The maximum Gasteiger partial charge on any atom is 0.174 e. The van der Waals surface area contributed by atoms with E-state index < -0.39 is 0 Å². The van der Waals surface area contributed by atoms with E-state index in [-0.39, 0.29) is 17.9 Å². The van der Waals surface area contributed by atoms with Gasteiger partial charge in [-0.15, -0.1) is 0 Å². The van der Waals surface area contributed by atoms with Crippen molar-refractivity contribution in [1.82, 2.24) is 10.3 Å². The molecule has 2 fully saturated rings. The van der Waals surface area contributed by atoms with E-state index in [2.05, 4.69) is 60.3 Å². The van der Waals surface area contributed by atoms with Crippen LogP contribution in [-0.4, -0.2) is 36.4 Å². The molecule has 188 valence electrons. The number of nitrogens with one attached hydrogen (secondary N) is 1. The molecule has 2 aliphatic rings. The highest BCUT2D eigenvalue weighted by Gasteiger charge is 2.42. The fourth-order valence-corrected chi connectivity index (χ4v) is 5.81.